The summed E-state index contributed by atoms with van der Waals surface area (Å²) < 4.78 is 1.59. The van der Waals surface area contributed by atoms with Crippen LogP contribution in [0.5, 0.6) is 0 Å². The van der Waals surface area contributed by atoms with Crippen LogP contribution in [0.4, 0.5) is 0 Å². The molecular formula is C9H6Cl3N3. The van der Waals surface area contributed by atoms with Gasteiger partial charge in [0.25, 0.3) is 0 Å². The first kappa shape index (κ1) is 10.7. The number of rotatable bonds is 2. The van der Waals surface area contributed by atoms with E-state index in [4.69, 9.17) is 34.8 Å². The predicted molar refractivity (Wildman–Crippen MR) is 60.9 cm³/mol. The van der Waals surface area contributed by atoms with E-state index in [2.05, 4.69) is 10.1 Å². The lowest BCUT2D eigenvalue weighted by Crippen LogP contribution is -2.01. The monoisotopic (exact) mass is 261 g/mol. The third-order valence-corrected chi connectivity index (χ3v) is 2.65. The van der Waals surface area contributed by atoms with E-state index >= 15 is 0 Å². The third-order valence-electron chi connectivity index (χ3n) is 1.88. The fourth-order valence-electron chi connectivity index (χ4n) is 1.21. The molecule has 78 valence electrons. The normalized spacial score (nSPS) is 10.6. The summed E-state index contributed by atoms with van der Waals surface area (Å²) in [5.41, 5.74) is 0.717. The van der Waals surface area contributed by atoms with Gasteiger partial charge in [-0.25, -0.2) is 9.67 Å². The van der Waals surface area contributed by atoms with Gasteiger partial charge in [0.05, 0.1) is 16.6 Å². The molecule has 2 aromatic rings. The van der Waals surface area contributed by atoms with Crippen LogP contribution in [-0.2, 0) is 5.88 Å². The molecule has 15 heavy (non-hydrogen) atoms. The lowest BCUT2D eigenvalue weighted by Gasteiger charge is -2.06. The second-order valence-electron chi connectivity index (χ2n) is 2.82. The zero-order valence-corrected chi connectivity index (χ0v) is 9.76. The second kappa shape index (κ2) is 4.39. The van der Waals surface area contributed by atoms with E-state index in [9.17, 15) is 0 Å². The van der Waals surface area contributed by atoms with Gasteiger partial charge in [-0.1, -0.05) is 23.2 Å². The molecule has 0 aliphatic heterocycles. The molecule has 0 aliphatic carbocycles. The molecule has 0 spiro atoms. The third kappa shape index (κ3) is 2.09. The van der Waals surface area contributed by atoms with Gasteiger partial charge in [0, 0.05) is 5.02 Å². The Balaban J connectivity index is 2.54. The quantitative estimate of drug-likeness (QED) is 0.777. The van der Waals surface area contributed by atoms with Gasteiger partial charge in [-0.05, 0) is 18.2 Å². The van der Waals surface area contributed by atoms with E-state index in [1.807, 2.05) is 0 Å². The second-order valence-corrected chi connectivity index (χ2v) is 3.93. The van der Waals surface area contributed by atoms with E-state index in [-0.39, 0.29) is 5.88 Å². The molecule has 0 atom stereocenters. The largest absolute Gasteiger partial charge is 0.218 e. The minimum absolute atomic E-state index is 0.277. The Labute approximate surface area is 102 Å². The standard InChI is InChI=1S/C9H6Cl3N3/c10-4-9-13-5-14-15(9)8-2-1-6(11)3-7(8)12/h1-3,5H,4H2. The summed E-state index contributed by atoms with van der Waals surface area (Å²) in [6.45, 7) is 0. The Hall–Kier alpha value is -0.770. The highest BCUT2D eigenvalue weighted by Crippen LogP contribution is 2.24. The first-order valence-electron chi connectivity index (χ1n) is 4.12. The fourth-order valence-corrected chi connectivity index (χ4v) is 1.88. The molecule has 0 saturated heterocycles. The summed E-state index contributed by atoms with van der Waals surface area (Å²) in [6.07, 6.45) is 1.43. The van der Waals surface area contributed by atoms with Gasteiger partial charge in [-0.15, -0.1) is 11.6 Å². The molecule has 1 aromatic carbocycles. The maximum Gasteiger partial charge on any atom is 0.147 e. The topological polar surface area (TPSA) is 30.7 Å². The van der Waals surface area contributed by atoms with Crippen molar-refractivity contribution in [2.45, 2.75) is 5.88 Å². The Kier molecular flexibility index (Phi) is 3.14. The lowest BCUT2D eigenvalue weighted by atomic mass is 10.3. The fraction of sp³-hybridized carbons (Fsp3) is 0.111. The molecule has 0 aliphatic rings. The number of hydrogen-bond donors (Lipinski definition) is 0. The van der Waals surface area contributed by atoms with Crippen molar-refractivity contribution in [3.05, 3.63) is 40.4 Å². The number of aromatic nitrogens is 3. The molecule has 0 amide bonds. The van der Waals surface area contributed by atoms with E-state index in [1.165, 1.54) is 6.33 Å². The smallest absolute Gasteiger partial charge is 0.147 e. The number of alkyl halides is 1. The van der Waals surface area contributed by atoms with Gasteiger partial charge >= 0.3 is 0 Å². The average Bonchev–Trinajstić information content (AvgIpc) is 2.65. The molecule has 1 heterocycles. The predicted octanol–water partition coefficient (Wildman–Crippen LogP) is 3.31. The number of nitrogens with zero attached hydrogens (tertiary/aromatic N) is 3. The molecule has 1 aromatic heterocycles. The van der Waals surface area contributed by atoms with Crippen LogP contribution in [0.3, 0.4) is 0 Å². The maximum absolute atomic E-state index is 6.03. The SMILES string of the molecule is ClCc1ncnn1-c1ccc(Cl)cc1Cl. The number of benzene rings is 1. The van der Waals surface area contributed by atoms with E-state index < -0.39 is 0 Å². The summed E-state index contributed by atoms with van der Waals surface area (Å²) in [4.78, 5) is 4.00. The Morgan fingerprint density at radius 3 is 2.73 bits per heavy atom. The van der Waals surface area contributed by atoms with Crippen LogP contribution in [0.15, 0.2) is 24.5 Å². The molecule has 0 bridgehead atoms. The Bertz CT molecular complexity index is 481. The molecule has 6 heteroatoms. The van der Waals surface area contributed by atoms with Crippen molar-refractivity contribution in [3.8, 4) is 5.69 Å². The van der Waals surface area contributed by atoms with E-state index in [0.29, 0.717) is 21.6 Å². The van der Waals surface area contributed by atoms with Gasteiger partial charge in [0.2, 0.25) is 0 Å². The Morgan fingerprint density at radius 1 is 1.27 bits per heavy atom. The molecule has 0 unspecified atom stereocenters. The van der Waals surface area contributed by atoms with Crippen LogP contribution in [0.1, 0.15) is 5.82 Å². The van der Waals surface area contributed by atoms with Crippen molar-refractivity contribution in [2.75, 3.05) is 0 Å². The summed E-state index contributed by atoms with van der Waals surface area (Å²) in [5.74, 6) is 0.916. The van der Waals surface area contributed by atoms with Gasteiger partial charge in [0.15, 0.2) is 0 Å². The van der Waals surface area contributed by atoms with Crippen LogP contribution in [-0.4, -0.2) is 14.8 Å². The maximum atomic E-state index is 6.03. The molecule has 3 nitrogen and oxygen atoms in total. The minimum atomic E-state index is 0.277. The highest BCUT2D eigenvalue weighted by Gasteiger charge is 2.09. The number of hydrogen-bond acceptors (Lipinski definition) is 2. The average molecular weight is 263 g/mol. The van der Waals surface area contributed by atoms with Crippen molar-refractivity contribution >= 4 is 34.8 Å². The van der Waals surface area contributed by atoms with Crippen molar-refractivity contribution < 1.29 is 0 Å². The van der Waals surface area contributed by atoms with Gasteiger partial charge < -0.3 is 0 Å². The van der Waals surface area contributed by atoms with Crippen molar-refractivity contribution in [1.29, 1.82) is 0 Å². The first-order chi connectivity index (χ1) is 7.22. The van der Waals surface area contributed by atoms with Crippen LogP contribution in [0.2, 0.25) is 10.0 Å². The highest BCUT2D eigenvalue weighted by atomic mass is 35.5. The van der Waals surface area contributed by atoms with E-state index in [0.717, 1.165) is 0 Å². The van der Waals surface area contributed by atoms with Crippen LogP contribution in [0, 0.1) is 0 Å². The lowest BCUT2D eigenvalue weighted by molar-refractivity contribution is 0.832. The molecule has 2 rings (SSSR count). The number of halogens is 3. The summed E-state index contributed by atoms with van der Waals surface area (Å²) in [7, 11) is 0. The van der Waals surface area contributed by atoms with Crippen LogP contribution < -0.4 is 0 Å². The molecule has 0 saturated carbocycles. The van der Waals surface area contributed by atoms with Crippen LogP contribution >= 0.6 is 34.8 Å². The van der Waals surface area contributed by atoms with E-state index in [1.54, 1.807) is 22.9 Å². The summed E-state index contributed by atoms with van der Waals surface area (Å²) in [5, 5.41) is 5.13. The molecule has 0 fully saturated rings. The van der Waals surface area contributed by atoms with Crippen molar-refractivity contribution in [2.24, 2.45) is 0 Å². The van der Waals surface area contributed by atoms with Crippen molar-refractivity contribution in [3.63, 3.8) is 0 Å². The van der Waals surface area contributed by atoms with Crippen LogP contribution in [0.25, 0.3) is 5.69 Å². The first-order valence-corrected chi connectivity index (χ1v) is 5.41. The summed E-state index contributed by atoms with van der Waals surface area (Å²) in [6, 6.07) is 5.16. The van der Waals surface area contributed by atoms with Crippen molar-refractivity contribution in [1.82, 2.24) is 14.8 Å². The van der Waals surface area contributed by atoms with Gasteiger partial charge in [0.1, 0.15) is 12.2 Å². The van der Waals surface area contributed by atoms with Gasteiger partial charge in [-0.2, -0.15) is 5.10 Å². The zero-order valence-electron chi connectivity index (χ0n) is 7.49. The summed E-state index contributed by atoms with van der Waals surface area (Å²) >= 11 is 17.5. The molecule has 0 N–H and O–H groups in total. The minimum Gasteiger partial charge on any atom is -0.218 e. The van der Waals surface area contributed by atoms with Gasteiger partial charge in [-0.3, -0.25) is 0 Å². The Morgan fingerprint density at radius 2 is 2.07 bits per heavy atom. The highest BCUT2D eigenvalue weighted by molar-refractivity contribution is 6.35. The molecule has 0 radical (unpaired) electrons. The molecular weight excluding hydrogens is 256 g/mol. The zero-order chi connectivity index (χ0) is 10.8.